The van der Waals surface area contributed by atoms with E-state index in [4.69, 9.17) is 4.74 Å². The lowest BCUT2D eigenvalue weighted by Gasteiger charge is -2.14. The van der Waals surface area contributed by atoms with E-state index in [1.54, 1.807) is 0 Å². The van der Waals surface area contributed by atoms with Gasteiger partial charge in [0.25, 0.3) is 0 Å². The van der Waals surface area contributed by atoms with Crippen molar-refractivity contribution in [3.63, 3.8) is 0 Å². The van der Waals surface area contributed by atoms with Crippen molar-refractivity contribution in [3.05, 3.63) is 12.2 Å². The summed E-state index contributed by atoms with van der Waals surface area (Å²) in [7, 11) is 0. The monoisotopic (exact) mass is 282 g/mol. The van der Waals surface area contributed by atoms with Crippen LogP contribution in [0.3, 0.4) is 0 Å². The Balaban J connectivity index is 3.56. The van der Waals surface area contributed by atoms with Gasteiger partial charge in [0.15, 0.2) is 0 Å². The molecule has 1 atom stereocenters. The van der Waals surface area contributed by atoms with Gasteiger partial charge in [-0.1, -0.05) is 77.4 Å². The van der Waals surface area contributed by atoms with Crippen LogP contribution in [-0.2, 0) is 4.74 Å². The molecule has 0 aliphatic heterocycles. The average Bonchev–Trinajstić information content (AvgIpc) is 2.46. The molecule has 0 N–H and O–H groups in total. The van der Waals surface area contributed by atoms with E-state index in [2.05, 4.69) is 32.9 Å². The number of ether oxygens (including phenoxy) is 1. The van der Waals surface area contributed by atoms with E-state index in [1.807, 2.05) is 0 Å². The highest BCUT2D eigenvalue weighted by atomic mass is 16.5. The van der Waals surface area contributed by atoms with Crippen molar-refractivity contribution in [1.29, 1.82) is 0 Å². The van der Waals surface area contributed by atoms with Crippen molar-refractivity contribution in [2.24, 2.45) is 0 Å². The van der Waals surface area contributed by atoms with Gasteiger partial charge in [0.1, 0.15) is 0 Å². The number of rotatable bonds is 15. The van der Waals surface area contributed by atoms with Crippen LogP contribution in [0.5, 0.6) is 0 Å². The van der Waals surface area contributed by atoms with Crippen LogP contribution in [0.15, 0.2) is 12.2 Å². The highest BCUT2D eigenvalue weighted by Crippen LogP contribution is 2.12. The summed E-state index contributed by atoms with van der Waals surface area (Å²) in [4.78, 5) is 0. The first-order chi connectivity index (χ1) is 9.85. The van der Waals surface area contributed by atoms with Gasteiger partial charge in [0.2, 0.25) is 0 Å². The van der Waals surface area contributed by atoms with Crippen LogP contribution >= 0.6 is 0 Å². The Morgan fingerprint density at radius 1 is 0.750 bits per heavy atom. The molecule has 0 aromatic carbocycles. The summed E-state index contributed by atoms with van der Waals surface area (Å²) in [6.07, 6.45) is 21.0. The minimum atomic E-state index is 0.452. The standard InChI is InChI=1S/C19H38O/c1-4-7-9-11-12-13-14-16-18-19(20-6-3)17-15-10-8-5-2/h14,16,19H,4-13,15,17-18H2,1-3H3/b16-14+. The van der Waals surface area contributed by atoms with Crippen LogP contribution < -0.4 is 0 Å². The van der Waals surface area contributed by atoms with Crippen LogP contribution in [0.1, 0.15) is 97.8 Å². The van der Waals surface area contributed by atoms with Gasteiger partial charge in [-0.25, -0.2) is 0 Å². The van der Waals surface area contributed by atoms with Crippen LogP contribution in [0.25, 0.3) is 0 Å². The molecule has 0 heterocycles. The van der Waals surface area contributed by atoms with Gasteiger partial charge in [-0.15, -0.1) is 0 Å². The number of unbranched alkanes of at least 4 members (excludes halogenated alkanes) is 8. The maximum Gasteiger partial charge on any atom is 0.0609 e. The Labute approximate surface area is 128 Å². The molecule has 0 saturated carbocycles. The molecule has 0 saturated heterocycles. The van der Waals surface area contributed by atoms with Gasteiger partial charge in [0.05, 0.1) is 6.10 Å². The van der Waals surface area contributed by atoms with Crippen molar-refractivity contribution in [2.45, 2.75) is 104 Å². The Hall–Kier alpha value is -0.300. The molecular formula is C19H38O. The third kappa shape index (κ3) is 14.1. The SMILES string of the molecule is CCCCCCC/C=C/CC(CCCCCC)OCC. The maximum atomic E-state index is 5.83. The van der Waals surface area contributed by atoms with Crippen molar-refractivity contribution < 1.29 is 4.74 Å². The molecular weight excluding hydrogens is 244 g/mol. The Kier molecular flexibility index (Phi) is 16.5. The molecule has 0 fully saturated rings. The first-order valence-corrected chi connectivity index (χ1v) is 9.11. The summed E-state index contributed by atoms with van der Waals surface area (Å²) in [6, 6.07) is 0. The lowest BCUT2D eigenvalue weighted by Crippen LogP contribution is -2.11. The summed E-state index contributed by atoms with van der Waals surface area (Å²) in [5.74, 6) is 0. The summed E-state index contributed by atoms with van der Waals surface area (Å²) in [5, 5.41) is 0. The molecule has 0 aromatic heterocycles. The van der Waals surface area contributed by atoms with Gasteiger partial charge >= 0.3 is 0 Å². The highest BCUT2D eigenvalue weighted by Gasteiger charge is 2.05. The smallest absolute Gasteiger partial charge is 0.0609 e. The third-order valence-corrected chi connectivity index (χ3v) is 3.82. The molecule has 0 spiro atoms. The zero-order valence-electron chi connectivity index (χ0n) is 14.3. The maximum absolute atomic E-state index is 5.83. The van der Waals surface area contributed by atoms with E-state index in [0.717, 1.165) is 13.0 Å². The third-order valence-electron chi connectivity index (χ3n) is 3.82. The lowest BCUT2D eigenvalue weighted by atomic mass is 10.1. The molecule has 1 nitrogen and oxygen atoms in total. The van der Waals surface area contributed by atoms with E-state index in [-0.39, 0.29) is 0 Å². The topological polar surface area (TPSA) is 9.23 Å². The van der Waals surface area contributed by atoms with E-state index >= 15 is 0 Å². The fourth-order valence-corrected chi connectivity index (χ4v) is 2.54. The first-order valence-electron chi connectivity index (χ1n) is 9.11. The van der Waals surface area contributed by atoms with E-state index in [0.29, 0.717) is 6.10 Å². The molecule has 1 unspecified atom stereocenters. The van der Waals surface area contributed by atoms with Crippen LogP contribution in [-0.4, -0.2) is 12.7 Å². The Bertz CT molecular complexity index is 198. The highest BCUT2D eigenvalue weighted by molar-refractivity contribution is 4.84. The van der Waals surface area contributed by atoms with Gasteiger partial charge in [0, 0.05) is 6.61 Å². The molecule has 0 aliphatic rings. The van der Waals surface area contributed by atoms with Gasteiger partial charge in [-0.2, -0.15) is 0 Å². The number of hydrogen-bond acceptors (Lipinski definition) is 1. The van der Waals surface area contributed by atoms with Crippen molar-refractivity contribution in [1.82, 2.24) is 0 Å². The van der Waals surface area contributed by atoms with Crippen molar-refractivity contribution in [2.75, 3.05) is 6.61 Å². The molecule has 0 amide bonds. The largest absolute Gasteiger partial charge is 0.378 e. The normalized spacial score (nSPS) is 13.2. The fourth-order valence-electron chi connectivity index (χ4n) is 2.54. The summed E-state index contributed by atoms with van der Waals surface area (Å²) < 4.78 is 5.83. The lowest BCUT2D eigenvalue weighted by molar-refractivity contribution is 0.0570. The van der Waals surface area contributed by atoms with Gasteiger partial charge in [-0.3, -0.25) is 0 Å². The average molecular weight is 283 g/mol. The minimum Gasteiger partial charge on any atom is -0.378 e. The zero-order valence-corrected chi connectivity index (χ0v) is 14.3. The van der Waals surface area contributed by atoms with E-state index in [1.165, 1.54) is 70.6 Å². The summed E-state index contributed by atoms with van der Waals surface area (Å²) >= 11 is 0. The van der Waals surface area contributed by atoms with Crippen LogP contribution in [0.2, 0.25) is 0 Å². The number of allylic oxidation sites excluding steroid dienone is 1. The molecule has 0 aromatic rings. The molecule has 120 valence electrons. The van der Waals surface area contributed by atoms with E-state index in [9.17, 15) is 0 Å². The minimum absolute atomic E-state index is 0.452. The fraction of sp³-hybridized carbons (Fsp3) is 0.895. The van der Waals surface area contributed by atoms with Gasteiger partial charge in [-0.05, 0) is 32.6 Å². The van der Waals surface area contributed by atoms with E-state index < -0.39 is 0 Å². The van der Waals surface area contributed by atoms with Crippen LogP contribution in [0.4, 0.5) is 0 Å². The first kappa shape index (κ1) is 19.7. The number of hydrogen-bond donors (Lipinski definition) is 0. The molecule has 0 bridgehead atoms. The molecule has 1 heteroatoms. The molecule has 0 aliphatic carbocycles. The van der Waals surface area contributed by atoms with Crippen molar-refractivity contribution >= 4 is 0 Å². The summed E-state index contributed by atoms with van der Waals surface area (Å²) in [5.41, 5.74) is 0. The Morgan fingerprint density at radius 2 is 1.40 bits per heavy atom. The van der Waals surface area contributed by atoms with Gasteiger partial charge < -0.3 is 4.74 Å². The summed E-state index contributed by atoms with van der Waals surface area (Å²) in [6.45, 7) is 7.50. The van der Waals surface area contributed by atoms with Crippen LogP contribution in [0, 0.1) is 0 Å². The quantitative estimate of drug-likeness (QED) is 0.241. The van der Waals surface area contributed by atoms with Crippen molar-refractivity contribution in [3.8, 4) is 0 Å². The Morgan fingerprint density at radius 3 is 2.05 bits per heavy atom. The molecule has 20 heavy (non-hydrogen) atoms. The second-order valence-electron chi connectivity index (χ2n) is 5.84. The predicted molar refractivity (Wildman–Crippen MR) is 91.3 cm³/mol. The molecule has 0 radical (unpaired) electrons. The predicted octanol–water partition coefficient (Wildman–Crippen LogP) is 6.67. The molecule has 0 rings (SSSR count). The second kappa shape index (κ2) is 16.8. The zero-order chi connectivity index (χ0) is 14.9. The second-order valence-corrected chi connectivity index (χ2v) is 5.84.